The standard InChI is InChI=1S/C12H26O2/c1-9(2)7-10(3)14-8-11(13)12(4,5)6/h9-11,13H,7-8H2,1-6H3. The van der Waals surface area contributed by atoms with Gasteiger partial charge < -0.3 is 9.84 Å². The summed E-state index contributed by atoms with van der Waals surface area (Å²) >= 11 is 0. The predicted molar refractivity (Wildman–Crippen MR) is 60.3 cm³/mol. The highest BCUT2D eigenvalue weighted by molar-refractivity contribution is 4.72. The predicted octanol–water partition coefficient (Wildman–Crippen LogP) is 2.84. The van der Waals surface area contributed by atoms with E-state index in [4.69, 9.17) is 4.74 Å². The molecule has 0 radical (unpaired) electrons. The van der Waals surface area contributed by atoms with Crippen molar-refractivity contribution in [2.45, 2.75) is 60.2 Å². The summed E-state index contributed by atoms with van der Waals surface area (Å²) in [7, 11) is 0. The van der Waals surface area contributed by atoms with E-state index >= 15 is 0 Å². The molecule has 1 N–H and O–H groups in total. The van der Waals surface area contributed by atoms with Crippen LogP contribution in [0.4, 0.5) is 0 Å². The van der Waals surface area contributed by atoms with Gasteiger partial charge in [0.15, 0.2) is 0 Å². The first kappa shape index (κ1) is 13.9. The van der Waals surface area contributed by atoms with Gasteiger partial charge in [0.25, 0.3) is 0 Å². The fourth-order valence-electron chi connectivity index (χ4n) is 1.24. The molecule has 0 rings (SSSR count). The first-order chi connectivity index (χ1) is 6.23. The lowest BCUT2D eigenvalue weighted by Crippen LogP contribution is -2.32. The Kier molecular flexibility index (Phi) is 5.68. The average molecular weight is 202 g/mol. The molecule has 0 aromatic rings. The molecule has 0 aromatic carbocycles. The first-order valence-corrected chi connectivity index (χ1v) is 5.53. The second kappa shape index (κ2) is 5.72. The van der Waals surface area contributed by atoms with E-state index in [2.05, 4.69) is 20.8 Å². The molecule has 0 spiro atoms. The fraction of sp³-hybridized carbons (Fsp3) is 1.00. The highest BCUT2D eigenvalue weighted by Crippen LogP contribution is 2.20. The summed E-state index contributed by atoms with van der Waals surface area (Å²) in [5, 5.41) is 9.74. The van der Waals surface area contributed by atoms with E-state index in [1.807, 2.05) is 20.8 Å². The minimum absolute atomic E-state index is 0.0858. The number of hydrogen-bond donors (Lipinski definition) is 1. The van der Waals surface area contributed by atoms with Gasteiger partial charge in [-0.15, -0.1) is 0 Å². The van der Waals surface area contributed by atoms with Crippen molar-refractivity contribution in [1.82, 2.24) is 0 Å². The SMILES string of the molecule is CC(C)CC(C)OCC(O)C(C)(C)C. The lowest BCUT2D eigenvalue weighted by atomic mass is 9.90. The third-order valence-electron chi connectivity index (χ3n) is 2.34. The van der Waals surface area contributed by atoms with E-state index < -0.39 is 0 Å². The number of ether oxygens (including phenoxy) is 1. The smallest absolute Gasteiger partial charge is 0.0821 e. The van der Waals surface area contributed by atoms with Crippen LogP contribution in [-0.2, 0) is 4.74 Å². The number of aliphatic hydroxyl groups is 1. The van der Waals surface area contributed by atoms with Gasteiger partial charge in [0.2, 0.25) is 0 Å². The molecule has 0 aliphatic rings. The highest BCUT2D eigenvalue weighted by Gasteiger charge is 2.22. The molecule has 0 saturated carbocycles. The second-order valence-electron chi connectivity index (χ2n) is 5.66. The van der Waals surface area contributed by atoms with Gasteiger partial charge in [0, 0.05) is 0 Å². The zero-order valence-electron chi connectivity index (χ0n) is 10.5. The molecule has 86 valence electrons. The maximum atomic E-state index is 9.74. The van der Waals surface area contributed by atoms with Crippen LogP contribution in [-0.4, -0.2) is 23.9 Å². The Morgan fingerprint density at radius 1 is 1.14 bits per heavy atom. The molecule has 2 nitrogen and oxygen atoms in total. The topological polar surface area (TPSA) is 29.5 Å². The van der Waals surface area contributed by atoms with Gasteiger partial charge in [0.1, 0.15) is 0 Å². The zero-order chi connectivity index (χ0) is 11.4. The minimum Gasteiger partial charge on any atom is -0.390 e. The first-order valence-electron chi connectivity index (χ1n) is 5.53. The summed E-state index contributed by atoms with van der Waals surface area (Å²) in [5.41, 5.74) is -0.0858. The third-order valence-corrected chi connectivity index (χ3v) is 2.34. The summed E-state index contributed by atoms with van der Waals surface area (Å²) in [6, 6.07) is 0. The molecular weight excluding hydrogens is 176 g/mol. The lowest BCUT2D eigenvalue weighted by Gasteiger charge is -2.27. The summed E-state index contributed by atoms with van der Waals surface area (Å²) in [4.78, 5) is 0. The number of rotatable bonds is 5. The van der Waals surface area contributed by atoms with Crippen LogP contribution in [0.3, 0.4) is 0 Å². The Hall–Kier alpha value is -0.0800. The molecule has 0 bridgehead atoms. The van der Waals surface area contributed by atoms with Crippen molar-refractivity contribution >= 4 is 0 Å². The molecule has 0 amide bonds. The van der Waals surface area contributed by atoms with Crippen molar-refractivity contribution < 1.29 is 9.84 Å². The molecule has 0 saturated heterocycles. The van der Waals surface area contributed by atoms with E-state index in [0.29, 0.717) is 12.5 Å². The van der Waals surface area contributed by atoms with Crippen molar-refractivity contribution in [2.75, 3.05) is 6.61 Å². The highest BCUT2D eigenvalue weighted by atomic mass is 16.5. The minimum atomic E-state index is -0.378. The van der Waals surface area contributed by atoms with Gasteiger partial charge in [-0.3, -0.25) is 0 Å². The van der Waals surface area contributed by atoms with Crippen LogP contribution in [0, 0.1) is 11.3 Å². The van der Waals surface area contributed by atoms with Crippen molar-refractivity contribution in [3.05, 3.63) is 0 Å². The van der Waals surface area contributed by atoms with E-state index in [9.17, 15) is 5.11 Å². The van der Waals surface area contributed by atoms with Crippen LogP contribution in [0.25, 0.3) is 0 Å². The van der Waals surface area contributed by atoms with Crippen LogP contribution in [0.5, 0.6) is 0 Å². The van der Waals surface area contributed by atoms with Gasteiger partial charge in [-0.2, -0.15) is 0 Å². The van der Waals surface area contributed by atoms with Gasteiger partial charge in [-0.25, -0.2) is 0 Å². The lowest BCUT2D eigenvalue weighted by molar-refractivity contribution is -0.0493. The maximum absolute atomic E-state index is 9.74. The third kappa shape index (κ3) is 6.39. The van der Waals surface area contributed by atoms with Gasteiger partial charge in [0.05, 0.1) is 18.8 Å². The van der Waals surface area contributed by atoms with Crippen molar-refractivity contribution in [3.8, 4) is 0 Å². The van der Waals surface area contributed by atoms with Crippen molar-refractivity contribution in [3.63, 3.8) is 0 Å². The average Bonchev–Trinajstić information content (AvgIpc) is 1.96. The second-order valence-corrected chi connectivity index (χ2v) is 5.66. The van der Waals surface area contributed by atoms with E-state index in [-0.39, 0.29) is 17.6 Å². The Bertz CT molecular complexity index is 147. The van der Waals surface area contributed by atoms with Crippen LogP contribution in [0.15, 0.2) is 0 Å². The summed E-state index contributed by atoms with van der Waals surface area (Å²) in [6.45, 7) is 12.9. The molecule has 0 heterocycles. The van der Waals surface area contributed by atoms with Crippen LogP contribution in [0.2, 0.25) is 0 Å². The van der Waals surface area contributed by atoms with E-state index in [1.165, 1.54) is 0 Å². The molecule has 0 aliphatic carbocycles. The molecule has 2 atom stereocenters. The summed E-state index contributed by atoms with van der Waals surface area (Å²) in [6.07, 6.45) is 0.917. The van der Waals surface area contributed by atoms with Gasteiger partial charge >= 0.3 is 0 Å². The molecule has 2 unspecified atom stereocenters. The Labute approximate surface area is 88.7 Å². The molecule has 0 aromatic heterocycles. The Morgan fingerprint density at radius 2 is 1.64 bits per heavy atom. The fourth-order valence-corrected chi connectivity index (χ4v) is 1.24. The monoisotopic (exact) mass is 202 g/mol. The molecular formula is C12H26O2. The number of hydrogen-bond acceptors (Lipinski definition) is 2. The van der Waals surface area contributed by atoms with Crippen molar-refractivity contribution in [2.24, 2.45) is 11.3 Å². The molecule has 2 heteroatoms. The maximum Gasteiger partial charge on any atom is 0.0821 e. The van der Waals surface area contributed by atoms with Gasteiger partial charge in [-0.05, 0) is 24.7 Å². The van der Waals surface area contributed by atoms with Crippen LogP contribution in [0.1, 0.15) is 48.0 Å². The zero-order valence-corrected chi connectivity index (χ0v) is 10.5. The van der Waals surface area contributed by atoms with Crippen LogP contribution < -0.4 is 0 Å². The number of aliphatic hydroxyl groups excluding tert-OH is 1. The van der Waals surface area contributed by atoms with E-state index in [1.54, 1.807) is 0 Å². The normalized spacial score (nSPS) is 17.1. The quantitative estimate of drug-likeness (QED) is 0.743. The Morgan fingerprint density at radius 3 is 2.00 bits per heavy atom. The molecule has 0 fully saturated rings. The summed E-state index contributed by atoms with van der Waals surface area (Å²) < 4.78 is 5.59. The summed E-state index contributed by atoms with van der Waals surface area (Å²) in [5.74, 6) is 0.650. The molecule has 0 aliphatic heterocycles. The Balaban J connectivity index is 3.72. The van der Waals surface area contributed by atoms with E-state index in [0.717, 1.165) is 6.42 Å². The van der Waals surface area contributed by atoms with Crippen LogP contribution >= 0.6 is 0 Å². The molecule has 14 heavy (non-hydrogen) atoms. The largest absolute Gasteiger partial charge is 0.390 e. The van der Waals surface area contributed by atoms with Crippen molar-refractivity contribution in [1.29, 1.82) is 0 Å². The van der Waals surface area contributed by atoms with Gasteiger partial charge in [-0.1, -0.05) is 34.6 Å².